The summed E-state index contributed by atoms with van der Waals surface area (Å²) < 4.78 is 5.41. The summed E-state index contributed by atoms with van der Waals surface area (Å²) in [6, 6.07) is 8.11. The summed E-state index contributed by atoms with van der Waals surface area (Å²) in [5.41, 5.74) is 6.10. The van der Waals surface area contributed by atoms with E-state index in [1.807, 2.05) is 24.3 Å². The fourth-order valence-corrected chi connectivity index (χ4v) is 2.37. The van der Waals surface area contributed by atoms with Crippen LogP contribution in [0.3, 0.4) is 0 Å². The van der Waals surface area contributed by atoms with E-state index in [-0.39, 0.29) is 18.4 Å². The summed E-state index contributed by atoms with van der Waals surface area (Å²) in [6.07, 6.45) is 3.83. The largest absolute Gasteiger partial charge is 0.493 e. The van der Waals surface area contributed by atoms with Crippen molar-refractivity contribution >= 4 is 11.6 Å². The number of primary amides is 1. The Morgan fingerprint density at radius 1 is 1.25 bits per heavy atom. The minimum Gasteiger partial charge on any atom is -0.493 e. The lowest BCUT2D eigenvalue weighted by Gasteiger charge is -2.27. The van der Waals surface area contributed by atoms with Crippen LogP contribution < -0.4 is 15.8 Å². The number of nitrogens with one attached hydrogen (secondary N) is 1. The van der Waals surface area contributed by atoms with Crippen molar-refractivity contribution in [2.24, 2.45) is 5.73 Å². The van der Waals surface area contributed by atoms with Crippen molar-refractivity contribution in [3.05, 3.63) is 24.3 Å². The lowest BCUT2D eigenvalue weighted by atomic mass is 9.93. The Kier molecular flexibility index (Phi) is 5.24. The van der Waals surface area contributed by atoms with E-state index in [9.17, 15) is 9.90 Å². The Bertz CT molecular complexity index is 425. The third-order valence-corrected chi connectivity index (χ3v) is 3.54. The van der Waals surface area contributed by atoms with Gasteiger partial charge in [0, 0.05) is 11.7 Å². The number of hydrogen-bond acceptors (Lipinski definition) is 4. The van der Waals surface area contributed by atoms with Crippen LogP contribution in [-0.4, -0.2) is 29.8 Å². The zero-order chi connectivity index (χ0) is 14.4. The summed E-state index contributed by atoms with van der Waals surface area (Å²) in [5, 5.41) is 12.9. The van der Waals surface area contributed by atoms with Crippen molar-refractivity contribution in [1.82, 2.24) is 0 Å². The smallest absolute Gasteiger partial charge is 0.220 e. The van der Waals surface area contributed by atoms with Crippen LogP contribution in [0, 0.1) is 0 Å². The first-order valence-electron chi connectivity index (χ1n) is 7.09. The van der Waals surface area contributed by atoms with Crippen LogP contribution in [0.25, 0.3) is 0 Å². The van der Waals surface area contributed by atoms with Gasteiger partial charge in [-0.15, -0.1) is 0 Å². The van der Waals surface area contributed by atoms with Crippen LogP contribution in [0.2, 0.25) is 0 Å². The first-order chi connectivity index (χ1) is 9.63. The molecule has 0 radical (unpaired) electrons. The van der Waals surface area contributed by atoms with Crippen molar-refractivity contribution in [2.75, 3.05) is 11.9 Å². The topological polar surface area (TPSA) is 84.6 Å². The van der Waals surface area contributed by atoms with Gasteiger partial charge in [-0.05, 0) is 49.9 Å². The number of hydrogen-bond donors (Lipinski definition) is 3. The van der Waals surface area contributed by atoms with Gasteiger partial charge in [-0.3, -0.25) is 4.79 Å². The van der Waals surface area contributed by atoms with Crippen LogP contribution in [-0.2, 0) is 4.79 Å². The highest BCUT2D eigenvalue weighted by molar-refractivity contribution is 5.73. The number of rotatable bonds is 6. The zero-order valence-electron chi connectivity index (χ0n) is 11.5. The van der Waals surface area contributed by atoms with Crippen LogP contribution in [0.4, 0.5) is 5.69 Å². The number of aliphatic hydroxyl groups excluding tert-OH is 1. The average Bonchev–Trinajstić information content (AvgIpc) is 2.43. The molecule has 5 nitrogen and oxygen atoms in total. The van der Waals surface area contributed by atoms with Gasteiger partial charge in [0.1, 0.15) is 5.75 Å². The molecule has 0 heterocycles. The molecule has 2 rings (SSSR count). The number of ether oxygens (including phenoxy) is 1. The summed E-state index contributed by atoms with van der Waals surface area (Å²) in [7, 11) is 0. The molecular formula is C15H22N2O3. The number of nitrogens with two attached hydrogens (primary N) is 1. The molecule has 1 fully saturated rings. The maximum Gasteiger partial charge on any atom is 0.220 e. The Morgan fingerprint density at radius 3 is 2.50 bits per heavy atom. The van der Waals surface area contributed by atoms with Gasteiger partial charge < -0.3 is 20.9 Å². The predicted octanol–water partition coefficient (Wildman–Crippen LogP) is 1.66. The Morgan fingerprint density at radius 2 is 1.90 bits per heavy atom. The molecule has 0 spiro atoms. The van der Waals surface area contributed by atoms with Crippen molar-refractivity contribution in [2.45, 2.75) is 44.2 Å². The first-order valence-corrected chi connectivity index (χ1v) is 7.09. The van der Waals surface area contributed by atoms with Crippen molar-refractivity contribution in [3.63, 3.8) is 0 Å². The number of carbonyl (C=O) groups excluding carboxylic acids is 1. The van der Waals surface area contributed by atoms with Gasteiger partial charge in [-0.25, -0.2) is 0 Å². The van der Waals surface area contributed by atoms with E-state index in [1.54, 1.807) is 0 Å². The molecular weight excluding hydrogens is 256 g/mol. The van der Waals surface area contributed by atoms with E-state index in [2.05, 4.69) is 5.32 Å². The molecule has 110 valence electrons. The van der Waals surface area contributed by atoms with E-state index >= 15 is 0 Å². The van der Waals surface area contributed by atoms with Gasteiger partial charge in [0.05, 0.1) is 19.1 Å². The standard InChI is InChI=1S/C15H22N2O3/c16-15(19)9-10-20-14-7-3-12(4-8-14)17-11-1-5-13(18)6-2-11/h3-4,7-8,11,13,17-18H,1-2,5-6,9-10H2,(H2,16,19). The summed E-state index contributed by atoms with van der Waals surface area (Å²) in [5.74, 6) is 0.374. The van der Waals surface area contributed by atoms with Crippen molar-refractivity contribution in [3.8, 4) is 5.75 Å². The van der Waals surface area contributed by atoms with Crippen LogP contribution in [0.1, 0.15) is 32.1 Å². The molecule has 4 N–H and O–H groups in total. The summed E-state index contributed by atoms with van der Waals surface area (Å²) in [6.45, 7) is 0.308. The molecule has 0 saturated heterocycles. The highest BCUT2D eigenvalue weighted by atomic mass is 16.5. The van der Waals surface area contributed by atoms with E-state index in [0.717, 1.165) is 37.1 Å². The predicted molar refractivity (Wildman–Crippen MR) is 77.6 cm³/mol. The van der Waals surface area contributed by atoms with E-state index < -0.39 is 0 Å². The molecule has 1 aliphatic carbocycles. The molecule has 1 aliphatic rings. The Labute approximate surface area is 119 Å². The molecule has 0 aromatic heterocycles. The SMILES string of the molecule is NC(=O)CCOc1ccc(NC2CCC(O)CC2)cc1. The molecule has 0 unspecified atom stereocenters. The van der Waals surface area contributed by atoms with E-state index in [0.29, 0.717) is 12.6 Å². The van der Waals surface area contributed by atoms with Gasteiger partial charge in [0.15, 0.2) is 0 Å². The third-order valence-electron chi connectivity index (χ3n) is 3.54. The molecule has 0 atom stereocenters. The second-order valence-electron chi connectivity index (χ2n) is 5.24. The average molecular weight is 278 g/mol. The zero-order valence-corrected chi connectivity index (χ0v) is 11.5. The quantitative estimate of drug-likeness (QED) is 0.739. The molecule has 1 aromatic rings. The molecule has 5 heteroatoms. The molecule has 1 aromatic carbocycles. The lowest BCUT2D eigenvalue weighted by Crippen LogP contribution is -2.28. The maximum atomic E-state index is 10.6. The number of benzene rings is 1. The summed E-state index contributed by atoms with van der Waals surface area (Å²) >= 11 is 0. The van der Waals surface area contributed by atoms with Crippen molar-refractivity contribution < 1.29 is 14.6 Å². The minimum atomic E-state index is -0.359. The number of carbonyl (C=O) groups is 1. The normalized spacial score (nSPS) is 22.2. The van der Waals surface area contributed by atoms with Crippen LogP contribution in [0.5, 0.6) is 5.75 Å². The van der Waals surface area contributed by atoms with Crippen LogP contribution in [0.15, 0.2) is 24.3 Å². The molecule has 20 heavy (non-hydrogen) atoms. The molecule has 1 amide bonds. The highest BCUT2D eigenvalue weighted by Crippen LogP contribution is 2.23. The fraction of sp³-hybridized carbons (Fsp3) is 0.533. The van der Waals surface area contributed by atoms with Gasteiger partial charge >= 0.3 is 0 Å². The van der Waals surface area contributed by atoms with E-state index in [4.69, 9.17) is 10.5 Å². The number of aliphatic hydroxyl groups is 1. The van der Waals surface area contributed by atoms with Gasteiger partial charge in [-0.2, -0.15) is 0 Å². The lowest BCUT2D eigenvalue weighted by molar-refractivity contribution is -0.118. The fourth-order valence-electron chi connectivity index (χ4n) is 2.37. The number of anilines is 1. The second kappa shape index (κ2) is 7.14. The molecule has 0 bridgehead atoms. The van der Waals surface area contributed by atoms with Gasteiger partial charge in [-0.1, -0.05) is 0 Å². The van der Waals surface area contributed by atoms with Crippen molar-refractivity contribution in [1.29, 1.82) is 0 Å². The monoisotopic (exact) mass is 278 g/mol. The highest BCUT2D eigenvalue weighted by Gasteiger charge is 2.18. The molecule has 0 aliphatic heterocycles. The Balaban J connectivity index is 1.77. The van der Waals surface area contributed by atoms with Gasteiger partial charge in [0.2, 0.25) is 5.91 Å². The van der Waals surface area contributed by atoms with E-state index in [1.165, 1.54) is 0 Å². The second-order valence-corrected chi connectivity index (χ2v) is 5.24. The minimum absolute atomic E-state index is 0.130. The molecule has 1 saturated carbocycles. The maximum absolute atomic E-state index is 10.6. The Hall–Kier alpha value is -1.75. The number of amides is 1. The third kappa shape index (κ3) is 4.74. The first kappa shape index (κ1) is 14.7. The summed E-state index contributed by atoms with van der Waals surface area (Å²) in [4.78, 5) is 10.6. The van der Waals surface area contributed by atoms with Crippen LogP contribution >= 0.6 is 0 Å². The van der Waals surface area contributed by atoms with Gasteiger partial charge in [0.25, 0.3) is 0 Å².